The van der Waals surface area contributed by atoms with Crippen molar-refractivity contribution in [3.05, 3.63) is 95.9 Å². The van der Waals surface area contributed by atoms with E-state index in [0.717, 1.165) is 80.1 Å². The summed E-state index contributed by atoms with van der Waals surface area (Å²) in [6, 6.07) is 23.3. The van der Waals surface area contributed by atoms with E-state index in [9.17, 15) is 4.39 Å². The van der Waals surface area contributed by atoms with E-state index in [-0.39, 0.29) is 18.0 Å². The van der Waals surface area contributed by atoms with Gasteiger partial charge in [-0.1, -0.05) is 42.5 Å². The van der Waals surface area contributed by atoms with Crippen molar-refractivity contribution in [3.63, 3.8) is 0 Å². The zero-order valence-electron chi connectivity index (χ0n) is 20.4. The van der Waals surface area contributed by atoms with E-state index < -0.39 is 0 Å². The molecule has 4 aromatic rings. The van der Waals surface area contributed by atoms with Crippen LogP contribution in [0.5, 0.6) is 11.5 Å². The third kappa shape index (κ3) is 4.97. The van der Waals surface area contributed by atoms with E-state index in [1.54, 1.807) is 6.07 Å². The second-order valence-electron chi connectivity index (χ2n) is 9.80. The summed E-state index contributed by atoms with van der Waals surface area (Å²) in [5.74, 6) is 1.46. The molecule has 2 aliphatic heterocycles. The lowest BCUT2D eigenvalue weighted by atomic mass is 10.0. The van der Waals surface area contributed by atoms with Gasteiger partial charge in [-0.3, -0.25) is 4.90 Å². The van der Waals surface area contributed by atoms with Gasteiger partial charge in [-0.05, 0) is 60.8 Å². The van der Waals surface area contributed by atoms with Crippen molar-refractivity contribution in [2.45, 2.75) is 25.0 Å². The van der Waals surface area contributed by atoms with E-state index in [0.29, 0.717) is 0 Å². The predicted octanol–water partition coefficient (Wildman–Crippen LogP) is 5.44. The molecule has 0 amide bonds. The zero-order chi connectivity index (χ0) is 24.3. The van der Waals surface area contributed by atoms with Crippen LogP contribution in [0.1, 0.15) is 23.7 Å². The fourth-order valence-corrected chi connectivity index (χ4v) is 5.44. The maximum atomic E-state index is 13.7. The van der Waals surface area contributed by atoms with Crippen LogP contribution in [0.2, 0.25) is 0 Å². The molecule has 1 N–H and O–H groups in total. The van der Waals surface area contributed by atoms with Crippen LogP contribution < -0.4 is 9.47 Å². The maximum absolute atomic E-state index is 13.7. The number of aromatic nitrogens is 1. The van der Waals surface area contributed by atoms with Crippen LogP contribution in [0, 0.1) is 5.82 Å². The summed E-state index contributed by atoms with van der Waals surface area (Å²) < 4.78 is 26.6. The van der Waals surface area contributed by atoms with Gasteiger partial charge in [0.2, 0.25) is 0 Å². The smallest absolute Gasteiger partial charge is 0.162 e. The van der Waals surface area contributed by atoms with Gasteiger partial charge >= 0.3 is 0 Å². The number of rotatable bonds is 7. The lowest BCUT2D eigenvalue weighted by molar-refractivity contribution is -0.00974. The molecule has 6 heteroatoms. The van der Waals surface area contributed by atoms with Crippen molar-refractivity contribution in [1.82, 2.24) is 14.8 Å². The van der Waals surface area contributed by atoms with Crippen LogP contribution >= 0.6 is 0 Å². The molecule has 0 bridgehead atoms. The first-order valence-electron chi connectivity index (χ1n) is 12.9. The fourth-order valence-electron chi connectivity index (χ4n) is 5.44. The summed E-state index contributed by atoms with van der Waals surface area (Å²) in [5.41, 5.74) is 3.35. The summed E-state index contributed by atoms with van der Waals surface area (Å²) >= 11 is 0. The van der Waals surface area contributed by atoms with Crippen LogP contribution in [-0.2, 0) is 6.42 Å². The van der Waals surface area contributed by atoms with Crippen molar-refractivity contribution >= 4 is 10.9 Å². The monoisotopic (exact) mass is 485 g/mol. The molecule has 1 aromatic heterocycles. The average Bonchev–Trinajstić information content (AvgIpc) is 3.31. The summed E-state index contributed by atoms with van der Waals surface area (Å²) in [6.07, 6.45) is 3.86. The molecule has 6 rings (SSSR count). The Balaban J connectivity index is 1.03. The molecule has 36 heavy (non-hydrogen) atoms. The Kier molecular flexibility index (Phi) is 6.62. The highest BCUT2D eigenvalue weighted by molar-refractivity contribution is 5.83. The molecule has 0 aliphatic carbocycles. The van der Waals surface area contributed by atoms with Crippen LogP contribution in [0.15, 0.2) is 79.0 Å². The molecule has 3 aromatic carbocycles. The standard InChI is InChI=1S/C30H32FN3O2/c31-24-12-13-26-25(19-24)23(20-32-26)9-6-14-33-15-17-34(18-16-33)21-29-30(22-7-2-1-3-8-22)36-28-11-5-4-10-27(28)35-29/h1-5,7-8,10-13,19-20,29-30,32H,6,9,14-18,21H2. The zero-order valence-corrected chi connectivity index (χ0v) is 20.4. The summed E-state index contributed by atoms with van der Waals surface area (Å²) in [6.45, 7) is 6.01. The minimum absolute atomic E-state index is 0.0592. The highest BCUT2D eigenvalue weighted by atomic mass is 19.1. The quantitative estimate of drug-likeness (QED) is 0.379. The molecule has 1 saturated heterocycles. The highest BCUT2D eigenvalue weighted by Crippen LogP contribution is 2.39. The number of aromatic amines is 1. The SMILES string of the molecule is Fc1ccc2[nH]cc(CCCN3CCN(CC4Oc5ccccc5OC4c4ccccc4)CC3)c2c1. The van der Waals surface area contributed by atoms with Gasteiger partial charge in [-0.25, -0.2) is 4.39 Å². The molecule has 2 aliphatic rings. The highest BCUT2D eigenvalue weighted by Gasteiger charge is 2.34. The Morgan fingerprint density at radius 2 is 1.56 bits per heavy atom. The molecule has 0 radical (unpaired) electrons. The maximum Gasteiger partial charge on any atom is 0.162 e. The minimum Gasteiger partial charge on any atom is -0.481 e. The number of hydrogen-bond donors (Lipinski definition) is 1. The minimum atomic E-state index is -0.176. The van der Waals surface area contributed by atoms with Gasteiger partial charge in [-0.15, -0.1) is 0 Å². The molecule has 0 spiro atoms. The van der Waals surface area contributed by atoms with Crippen LogP contribution in [0.3, 0.4) is 0 Å². The number of nitrogens with zero attached hydrogens (tertiary/aromatic N) is 2. The first-order valence-corrected chi connectivity index (χ1v) is 12.9. The van der Waals surface area contributed by atoms with Gasteiger partial charge in [0, 0.05) is 49.8 Å². The lowest BCUT2D eigenvalue weighted by Crippen LogP contribution is -2.51. The Morgan fingerprint density at radius 1 is 0.833 bits per heavy atom. The van der Waals surface area contributed by atoms with Crippen molar-refractivity contribution in [2.75, 3.05) is 39.3 Å². The molecular formula is C30H32FN3O2. The first-order chi connectivity index (χ1) is 17.7. The molecule has 5 nitrogen and oxygen atoms in total. The van der Waals surface area contributed by atoms with Gasteiger partial charge in [0.25, 0.3) is 0 Å². The number of halogens is 1. The van der Waals surface area contributed by atoms with Crippen molar-refractivity contribution < 1.29 is 13.9 Å². The topological polar surface area (TPSA) is 40.7 Å². The average molecular weight is 486 g/mol. The van der Waals surface area contributed by atoms with Crippen molar-refractivity contribution in [2.24, 2.45) is 0 Å². The lowest BCUT2D eigenvalue weighted by Gasteiger charge is -2.40. The third-order valence-corrected chi connectivity index (χ3v) is 7.40. The van der Waals surface area contributed by atoms with Gasteiger partial charge in [0.05, 0.1) is 0 Å². The van der Waals surface area contributed by atoms with E-state index >= 15 is 0 Å². The van der Waals surface area contributed by atoms with Gasteiger partial charge in [0.15, 0.2) is 23.7 Å². The van der Waals surface area contributed by atoms with E-state index in [2.05, 4.69) is 39.0 Å². The summed E-state index contributed by atoms with van der Waals surface area (Å²) in [7, 11) is 0. The predicted molar refractivity (Wildman–Crippen MR) is 140 cm³/mol. The normalized spacial score (nSPS) is 20.6. The van der Waals surface area contributed by atoms with E-state index in [1.807, 2.05) is 42.6 Å². The van der Waals surface area contributed by atoms with Gasteiger partial charge in [-0.2, -0.15) is 0 Å². The third-order valence-electron chi connectivity index (χ3n) is 7.40. The molecule has 2 atom stereocenters. The Labute approximate surface area is 211 Å². The molecular weight excluding hydrogens is 453 g/mol. The molecule has 1 fully saturated rings. The van der Waals surface area contributed by atoms with Crippen molar-refractivity contribution in [1.29, 1.82) is 0 Å². The number of H-pyrrole nitrogens is 1. The van der Waals surface area contributed by atoms with Gasteiger partial charge < -0.3 is 19.4 Å². The Bertz CT molecular complexity index is 1300. The number of fused-ring (bicyclic) bond motifs is 2. The Hall–Kier alpha value is -3.35. The number of nitrogens with one attached hydrogen (secondary N) is 1. The number of benzene rings is 3. The molecule has 2 unspecified atom stereocenters. The molecule has 186 valence electrons. The number of piperazine rings is 1. The molecule has 3 heterocycles. The van der Waals surface area contributed by atoms with Gasteiger partial charge in [0.1, 0.15) is 5.82 Å². The van der Waals surface area contributed by atoms with Crippen LogP contribution in [-0.4, -0.2) is 60.2 Å². The van der Waals surface area contributed by atoms with E-state index in [4.69, 9.17) is 9.47 Å². The van der Waals surface area contributed by atoms with Crippen LogP contribution in [0.4, 0.5) is 4.39 Å². The largest absolute Gasteiger partial charge is 0.481 e. The number of aryl methyl sites for hydroxylation is 1. The second-order valence-corrected chi connectivity index (χ2v) is 9.80. The Morgan fingerprint density at radius 3 is 2.36 bits per heavy atom. The first kappa shape index (κ1) is 23.1. The number of ether oxygens (including phenoxy) is 2. The number of hydrogen-bond acceptors (Lipinski definition) is 4. The van der Waals surface area contributed by atoms with Crippen LogP contribution in [0.25, 0.3) is 10.9 Å². The number of para-hydroxylation sites is 2. The molecule has 0 saturated carbocycles. The van der Waals surface area contributed by atoms with E-state index in [1.165, 1.54) is 11.6 Å². The summed E-state index contributed by atoms with van der Waals surface area (Å²) in [4.78, 5) is 8.29. The second kappa shape index (κ2) is 10.3. The summed E-state index contributed by atoms with van der Waals surface area (Å²) in [5, 5.41) is 1.00. The fraction of sp³-hybridized carbons (Fsp3) is 0.333. The van der Waals surface area contributed by atoms with Crippen molar-refractivity contribution in [3.8, 4) is 11.5 Å².